The Labute approximate surface area is 125 Å². The van der Waals surface area contributed by atoms with E-state index in [2.05, 4.69) is 15.5 Å². The molecule has 2 aromatic rings. The van der Waals surface area contributed by atoms with Crippen molar-refractivity contribution in [3.63, 3.8) is 0 Å². The van der Waals surface area contributed by atoms with Crippen LogP contribution in [0.1, 0.15) is 24.2 Å². The van der Waals surface area contributed by atoms with Crippen molar-refractivity contribution in [2.24, 2.45) is 5.41 Å². The van der Waals surface area contributed by atoms with Gasteiger partial charge in [0.15, 0.2) is 5.82 Å². The average Bonchev–Trinajstić information content (AvgIpc) is 3.13. The van der Waals surface area contributed by atoms with Crippen molar-refractivity contribution in [1.29, 1.82) is 0 Å². The number of nitrogens with zero attached hydrogens (tertiary/aromatic N) is 4. The van der Waals surface area contributed by atoms with Crippen molar-refractivity contribution in [3.8, 4) is 0 Å². The summed E-state index contributed by atoms with van der Waals surface area (Å²) in [6.07, 6.45) is 1.59. The zero-order valence-electron chi connectivity index (χ0n) is 11.4. The summed E-state index contributed by atoms with van der Waals surface area (Å²) in [5, 5.41) is 25.3. The number of carboxylic acid groups (broad SMARTS) is 1. The third-order valence-electron chi connectivity index (χ3n) is 3.90. The van der Waals surface area contributed by atoms with Gasteiger partial charge in [0.25, 0.3) is 0 Å². The highest BCUT2D eigenvalue weighted by molar-refractivity contribution is 7.07. The van der Waals surface area contributed by atoms with Crippen molar-refractivity contribution >= 4 is 17.3 Å². The molecule has 0 radical (unpaired) electrons. The Kier molecular flexibility index (Phi) is 3.98. The number of carboxylic acids is 1. The largest absolute Gasteiger partial charge is 0.481 e. The summed E-state index contributed by atoms with van der Waals surface area (Å²) >= 11 is 1.62. The molecule has 0 saturated carbocycles. The Morgan fingerprint density at radius 1 is 1.48 bits per heavy atom. The zero-order chi connectivity index (χ0) is 14.7. The number of ether oxygens (including phenoxy) is 1. The molecule has 0 spiro atoms. The van der Waals surface area contributed by atoms with Gasteiger partial charge in [-0.3, -0.25) is 4.79 Å². The van der Waals surface area contributed by atoms with Crippen LogP contribution in [0.4, 0.5) is 0 Å². The van der Waals surface area contributed by atoms with Gasteiger partial charge in [-0.2, -0.15) is 11.3 Å². The summed E-state index contributed by atoms with van der Waals surface area (Å²) in [6.45, 7) is 1.22. The molecule has 2 aromatic heterocycles. The maximum atomic E-state index is 11.7. The topological polar surface area (TPSA) is 90.1 Å². The van der Waals surface area contributed by atoms with Gasteiger partial charge in [-0.15, -0.1) is 5.10 Å². The molecule has 112 valence electrons. The van der Waals surface area contributed by atoms with Crippen molar-refractivity contribution in [2.75, 3.05) is 13.2 Å². The van der Waals surface area contributed by atoms with E-state index in [-0.39, 0.29) is 6.54 Å². The van der Waals surface area contributed by atoms with E-state index < -0.39 is 11.4 Å². The van der Waals surface area contributed by atoms with E-state index in [4.69, 9.17) is 4.74 Å². The van der Waals surface area contributed by atoms with Crippen LogP contribution in [0.5, 0.6) is 0 Å². The van der Waals surface area contributed by atoms with Gasteiger partial charge in [0.05, 0.1) is 12.0 Å². The summed E-state index contributed by atoms with van der Waals surface area (Å²) in [7, 11) is 0. The fraction of sp³-hybridized carbons (Fsp3) is 0.538. The van der Waals surface area contributed by atoms with Gasteiger partial charge in [0, 0.05) is 19.6 Å². The van der Waals surface area contributed by atoms with Crippen molar-refractivity contribution < 1.29 is 14.6 Å². The Morgan fingerprint density at radius 2 is 2.29 bits per heavy atom. The third-order valence-corrected chi connectivity index (χ3v) is 4.64. The summed E-state index contributed by atoms with van der Waals surface area (Å²) in [5.41, 5.74) is 0.296. The van der Waals surface area contributed by atoms with Crippen LogP contribution >= 0.6 is 11.3 Å². The predicted octanol–water partition coefficient (Wildman–Crippen LogP) is 1.21. The molecule has 0 unspecified atom stereocenters. The average molecular weight is 308 g/mol. The highest BCUT2D eigenvalue weighted by atomic mass is 32.1. The van der Waals surface area contributed by atoms with Gasteiger partial charge < -0.3 is 9.84 Å². The first kappa shape index (κ1) is 14.2. The lowest BCUT2D eigenvalue weighted by Crippen LogP contribution is -2.41. The summed E-state index contributed by atoms with van der Waals surface area (Å²) in [4.78, 5) is 11.7. The number of aromatic nitrogens is 4. The zero-order valence-corrected chi connectivity index (χ0v) is 12.3. The van der Waals surface area contributed by atoms with Crippen LogP contribution in [-0.2, 0) is 22.5 Å². The Morgan fingerprint density at radius 3 is 2.95 bits per heavy atom. The van der Waals surface area contributed by atoms with E-state index in [0.29, 0.717) is 38.3 Å². The van der Waals surface area contributed by atoms with Crippen LogP contribution < -0.4 is 0 Å². The lowest BCUT2D eigenvalue weighted by atomic mass is 9.80. The number of carbonyl (C=O) groups is 1. The van der Waals surface area contributed by atoms with Crippen LogP contribution in [0.3, 0.4) is 0 Å². The van der Waals surface area contributed by atoms with Gasteiger partial charge >= 0.3 is 5.97 Å². The number of aliphatic carboxylic acids is 1. The molecule has 0 aromatic carbocycles. The van der Waals surface area contributed by atoms with Gasteiger partial charge in [-0.25, -0.2) is 4.68 Å². The fourth-order valence-corrected chi connectivity index (χ4v) is 3.21. The first-order chi connectivity index (χ1) is 10.2. The molecule has 3 rings (SSSR count). The molecule has 21 heavy (non-hydrogen) atoms. The molecule has 1 fully saturated rings. The smallest absolute Gasteiger partial charge is 0.311 e. The Balaban J connectivity index is 1.80. The number of thiophene rings is 1. The second-order valence-corrected chi connectivity index (χ2v) is 6.04. The van der Waals surface area contributed by atoms with Crippen molar-refractivity contribution in [2.45, 2.75) is 25.8 Å². The quantitative estimate of drug-likeness (QED) is 0.893. The highest BCUT2D eigenvalue weighted by Gasteiger charge is 2.41. The SMILES string of the molecule is O=C(O)C1(Cn2nnnc2Cc2ccsc2)CCOCC1. The van der Waals surface area contributed by atoms with E-state index in [1.165, 1.54) is 0 Å². The number of hydrogen-bond acceptors (Lipinski definition) is 6. The lowest BCUT2D eigenvalue weighted by Gasteiger charge is -2.32. The third kappa shape index (κ3) is 2.96. The van der Waals surface area contributed by atoms with E-state index in [1.807, 2.05) is 16.8 Å². The minimum Gasteiger partial charge on any atom is -0.481 e. The van der Waals surface area contributed by atoms with Crippen LogP contribution in [-0.4, -0.2) is 44.5 Å². The minimum absolute atomic E-state index is 0.290. The van der Waals surface area contributed by atoms with Crippen LogP contribution in [0.2, 0.25) is 0 Å². The number of rotatable bonds is 5. The van der Waals surface area contributed by atoms with Crippen LogP contribution in [0.15, 0.2) is 16.8 Å². The van der Waals surface area contributed by atoms with E-state index >= 15 is 0 Å². The molecule has 8 heteroatoms. The summed E-state index contributed by atoms with van der Waals surface area (Å²) in [5.74, 6) is -0.108. The van der Waals surface area contributed by atoms with E-state index in [1.54, 1.807) is 16.0 Å². The molecule has 0 amide bonds. The molecular weight excluding hydrogens is 292 g/mol. The van der Waals surface area contributed by atoms with Gasteiger partial charge in [0.2, 0.25) is 0 Å². The van der Waals surface area contributed by atoms with E-state index in [0.717, 1.165) is 5.56 Å². The molecule has 1 N–H and O–H groups in total. The van der Waals surface area contributed by atoms with Crippen LogP contribution in [0, 0.1) is 5.41 Å². The molecule has 1 saturated heterocycles. The molecule has 0 bridgehead atoms. The second-order valence-electron chi connectivity index (χ2n) is 5.26. The standard InChI is InChI=1S/C13H16N4O3S/c18-12(19)13(2-4-20-5-3-13)9-17-11(14-15-16-17)7-10-1-6-21-8-10/h1,6,8H,2-5,7,9H2,(H,18,19). The fourth-order valence-electron chi connectivity index (χ4n) is 2.54. The normalized spacial score (nSPS) is 17.7. The minimum atomic E-state index is -0.836. The number of tetrazole rings is 1. The second kappa shape index (κ2) is 5.90. The monoisotopic (exact) mass is 308 g/mol. The predicted molar refractivity (Wildman–Crippen MR) is 75.1 cm³/mol. The van der Waals surface area contributed by atoms with Crippen molar-refractivity contribution in [3.05, 3.63) is 28.2 Å². The molecule has 3 heterocycles. The first-order valence-corrected chi connectivity index (χ1v) is 7.71. The Hall–Kier alpha value is -1.80. The number of hydrogen-bond donors (Lipinski definition) is 1. The maximum Gasteiger partial charge on any atom is 0.311 e. The Bertz CT molecular complexity index is 605. The summed E-state index contributed by atoms with van der Waals surface area (Å²) < 4.78 is 6.91. The van der Waals surface area contributed by atoms with E-state index in [9.17, 15) is 9.90 Å². The highest BCUT2D eigenvalue weighted by Crippen LogP contribution is 2.33. The molecule has 1 aliphatic rings. The summed E-state index contributed by atoms with van der Waals surface area (Å²) in [6, 6.07) is 2.02. The van der Waals surface area contributed by atoms with Crippen molar-refractivity contribution in [1.82, 2.24) is 20.2 Å². The van der Waals surface area contributed by atoms with Gasteiger partial charge in [-0.1, -0.05) is 0 Å². The van der Waals surface area contributed by atoms with Gasteiger partial charge in [0.1, 0.15) is 0 Å². The maximum absolute atomic E-state index is 11.7. The van der Waals surface area contributed by atoms with Gasteiger partial charge in [-0.05, 0) is 45.7 Å². The molecule has 0 aliphatic carbocycles. The molecule has 1 aliphatic heterocycles. The molecule has 7 nitrogen and oxygen atoms in total. The molecule has 0 atom stereocenters. The molecular formula is C13H16N4O3S. The lowest BCUT2D eigenvalue weighted by molar-refractivity contribution is -0.156. The van der Waals surface area contributed by atoms with Crippen LogP contribution in [0.25, 0.3) is 0 Å². The first-order valence-electron chi connectivity index (χ1n) is 6.77.